The van der Waals surface area contributed by atoms with Gasteiger partial charge in [0.2, 0.25) is 5.91 Å². The second kappa shape index (κ2) is 8.74. The fourth-order valence-electron chi connectivity index (χ4n) is 4.56. The number of aryl methyl sites for hydroxylation is 1. The lowest BCUT2D eigenvalue weighted by Gasteiger charge is -2.24. The van der Waals surface area contributed by atoms with Gasteiger partial charge in [-0.15, -0.1) is 0 Å². The Morgan fingerprint density at radius 2 is 1.85 bits per heavy atom. The zero-order valence-corrected chi connectivity index (χ0v) is 16.4. The number of hydrogen-bond donors (Lipinski definition) is 2. The van der Waals surface area contributed by atoms with E-state index in [2.05, 4.69) is 15.3 Å². The van der Waals surface area contributed by atoms with Crippen LogP contribution >= 0.6 is 0 Å². The van der Waals surface area contributed by atoms with Crippen LogP contribution in [0.3, 0.4) is 0 Å². The van der Waals surface area contributed by atoms with E-state index in [9.17, 15) is 9.90 Å². The molecule has 2 aliphatic carbocycles. The first kappa shape index (κ1) is 18.9. The molecule has 0 saturated heterocycles. The maximum absolute atomic E-state index is 12.6. The van der Waals surface area contributed by atoms with Gasteiger partial charge in [-0.3, -0.25) is 14.4 Å². The van der Waals surface area contributed by atoms with Crippen molar-refractivity contribution in [3.8, 4) is 0 Å². The number of carbonyl (C=O) groups is 1. The van der Waals surface area contributed by atoms with Crippen LogP contribution in [0.2, 0.25) is 0 Å². The number of carbonyl (C=O) groups excluding carboxylic acids is 1. The third kappa shape index (κ3) is 5.11. The number of aliphatic hydroxyl groups is 1. The number of rotatable bonds is 5. The van der Waals surface area contributed by atoms with Crippen molar-refractivity contribution >= 4 is 5.91 Å². The highest BCUT2D eigenvalue weighted by atomic mass is 16.3. The topological polar surface area (TPSA) is 70.4 Å². The maximum Gasteiger partial charge on any atom is 0.234 e. The SMILES string of the molecule is O=C(CN1CCCn2nc(C(O)C3CC3)cc2C1)NC1CCCCCCC1. The van der Waals surface area contributed by atoms with Gasteiger partial charge in [-0.25, -0.2) is 0 Å². The average Bonchev–Trinajstić information content (AvgIpc) is 3.41. The van der Waals surface area contributed by atoms with Crippen LogP contribution in [0.4, 0.5) is 0 Å². The summed E-state index contributed by atoms with van der Waals surface area (Å²) in [6.07, 6.45) is 11.5. The lowest BCUT2D eigenvalue weighted by atomic mass is 9.97. The van der Waals surface area contributed by atoms with Gasteiger partial charge in [0.05, 0.1) is 17.9 Å². The molecule has 1 amide bonds. The summed E-state index contributed by atoms with van der Waals surface area (Å²) in [5.74, 6) is 0.557. The quantitative estimate of drug-likeness (QED) is 0.831. The van der Waals surface area contributed by atoms with Crippen molar-refractivity contribution in [2.24, 2.45) is 5.92 Å². The van der Waals surface area contributed by atoms with Gasteiger partial charge in [-0.05, 0) is 44.1 Å². The predicted molar refractivity (Wildman–Crippen MR) is 104 cm³/mol. The largest absolute Gasteiger partial charge is 0.386 e. The number of fused-ring (bicyclic) bond motifs is 1. The predicted octanol–water partition coefficient (Wildman–Crippen LogP) is 2.76. The molecule has 0 aromatic carbocycles. The van der Waals surface area contributed by atoms with Crippen LogP contribution in [-0.2, 0) is 17.9 Å². The Morgan fingerprint density at radius 1 is 1.11 bits per heavy atom. The van der Waals surface area contributed by atoms with Crippen LogP contribution in [0.1, 0.15) is 81.7 Å². The van der Waals surface area contributed by atoms with E-state index in [0.29, 0.717) is 18.5 Å². The Balaban J connectivity index is 1.32. The Kier molecular flexibility index (Phi) is 6.13. The van der Waals surface area contributed by atoms with Crippen LogP contribution in [-0.4, -0.2) is 44.8 Å². The first-order chi connectivity index (χ1) is 13.2. The molecule has 4 rings (SSSR count). The molecule has 3 aliphatic rings. The van der Waals surface area contributed by atoms with E-state index >= 15 is 0 Å². The van der Waals surface area contributed by atoms with E-state index in [1.807, 2.05) is 10.7 Å². The monoisotopic (exact) mass is 374 g/mol. The summed E-state index contributed by atoms with van der Waals surface area (Å²) in [7, 11) is 0. The Labute approximate surface area is 162 Å². The van der Waals surface area contributed by atoms with Crippen LogP contribution in [0.25, 0.3) is 0 Å². The first-order valence-corrected chi connectivity index (χ1v) is 11.0. The van der Waals surface area contributed by atoms with E-state index in [-0.39, 0.29) is 5.91 Å². The second-order valence-corrected chi connectivity index (χ2v) is 8.74. The van der Waals surface area contributed by atoms with Gasteiger partial charge < -0.3 is 10.4 Å². The van der Waals surface area contributed by atoms with Crippen molar-refractivity contribution in [3.63, 3.8) is 0 Å². The first-order valence-electron chi connectivity index (χ1n) is 11.0. The number of aliphatic hydroxyl groups excluding tert-OH is 1. The molecule has 1 aromatic heterocycles. The molecule has 2 heterocycles. The summed E-state index contributed by atoms with van der Waals surface area (Å²) in [5, 5.41) is 18.3. The number of nitrogens with zero attached hydrogens (tertiary/aromatic N) is 3. The minimum atomic E-state index is -0.416. The minimum absolute atomic E-state index is 0.159. The number of amides is 1. The Morgan fingerprint density at radius 3 is 2.59 bits per heavy atom. The summed E-state index contributed by atoms with van der Waals surface area (Å²) >= 11 is 0. The third-order valence-electron chi connectivity index (χ3n) is 6.32. The van der Waals surface area contributed by atoms with Crippen molar-refractivity contribution in [1.82, 2.24) is 20.0 Å². The molecule has 0 radical (unpaired) electrons. The molecule has 27 heavy (non-hydrogen) atoms. The molecular weight excluding hydrogens is 340 g/mol. The van der Waals surface area contributed by atoms with Gasteiger partial charge in [0.25, 0.3) is 0 Å². The highest BCUT2D eigenvalue weighted by Crippen LogP contribution is 2.40. The zero-order chi connectivity index (χ0) is 18.6. The van der Waals surface area contributed by atoms with Crippen molar-refractivity contribution in [2.75, 3.05) is 13.1 Å². The summed E-state index contributed by atoms with van der Waals surface area (Å²) < 4.78 is 2.04. The van der Waals surface area contributed by atoms with Gasteiger partial charge in [0.1, 0.15) is 6.10 Å². The van der Waals surface area contributed by atoms with Gasteiger partial charge in [0, 0.05) is 25.7 Å². The van der Waals surface area contributed by atoms with Gasteiger partial charge in [-0.1, -0.05) is 32.1 Å². The summed E-state index contributed by atoms with van der Waals surface area (Å²) in [6.45, 7) is 2.99. The summed E-state index contributed by atoms with van der Waals surface area (Å²) in [6, 6.07) is 2.41. The lowest BCUT2D eigenvalue weighted by Crippen LogP contribution is -2.42. The fourth-order valence-corrected chi connectivity index (χ4v) is 4.56. The van der Waals surface area contributed by atoms with E-state index < -0.39 is 6.10 Å². The molecule has 2 fully saturated rings. The highest BCUT2D eigenvalue weighted by molar-refractivity contribution is 5.78. The average molecular weight is 375 g/mol. The molecule has 150 valence electrons. The van der Waals surface area contributed by atoms with E-state index in [1.165, 1.54) is 32.1 Å². The van der Waals surface area contributed by atoms with Crippen molar-refractivity contribution < 1.29 is 9.90 Å². The smallest absolute Gasteiger partial charge is 0.234 e. The number of nitrogens with one attached hydrogen (secondary N) is 1. The molecular formula is C21H34N4O2. The normalized spacial score (nSPS) is 23.7. The van der Waals surface area contributed by atoms with Crippen LogP contribution in [0.5, 0.6) is 0 Å². The molecule has 0 bridgehead atoms. The van der Waals surface area contributed by atoms with Gasteiger partial charge in [-0.2, -0.15) is 5.10 Å². The summed E-state index contributed by atoms with van der Waals surface area (Å²) in [4.78, 5) is 14.8. The van der Waals surface area contributed by atoms with Crippen molar-refractivity contribution in [2.45, 2.75) is 89.4 Å². The highest BCUT2D eigenvalue weighted by Gasteiger charge is 2.33. The molecule has 1 aliphatic heterocycles. The van der Waals surface area contributed by atoms with Crippen molar-refractivity contribution in [1.29, 1.82) is 0 Å². The van der Waals surface area contributed by atoms with E-state index in [1.54, 1.807) is 0 Å². The molecule has 2 N–H and O–H groups in total. The van der Waals surface area contributed by atoms with Crippen LogP contribution < -0.4 is 5.32 Å². The van der Waals surface area contributed by atoms with E-state index in [4.69, 9.17) is 0 Å². The zero-order valence-electron chi connectivity index (χ0n) is 16.4. The molecule has 6 heteroatoms. The number of aromatic nitrogens is 2. The molecule has 2 saturated carbocycles. The standard InChI is InChI=1S/C21H34N4O2/c26-20(22-17-7-4-2-1-3-5-8-17)15-24-11-6-12-25-18(14-24)13-19(23-25)21(27)16-9-10-16/h13,16-17,21,27H,1-12,14-15H2,(H,22,26). The van der Waals surface area contributed by atoms with Crippen molar-refractivity contribution in [3.05, 3.63) is 17.5 Å². The molecule has 6 nitrogen and oxygen atoms in total. The lowest BCUT2D eigenvalue weighted by molar-refractivity contribution is -0.123. The van der Waals surface area contributed by atoms with Gasteiger partial charge >= 0.3 is 0 Å². The van der Waals surface area contributed by atoms with Crippen LogP contribution in [0, 0.1) is 5.92 Å². The molecule has 1 atom stereocenters. The minimum Gasteiger partial charge on any atom is -0.386 e. The van der Waals surface area contributed by atoms with Gasteiger partial charge in [0.15, 0.2) is 0 Å². The third-order valence-corrected chi connectivity index (χ3v) is 6.32. The molecule has 0 spiro atoms. The summed E-state index contributed by atoms with van der Waals surface area (Å²) in [5.41, 5.74) is 1.94. The molecule has 1 unspecified atom stereocenters. The second-order valence-electron chi connectivity index (χ2n) is 8.74. The fraction of sp³-hybridized carbons (Fsp3) is 0.810. The van der Waals surface area contributed by atoms with Crippen LogP contribution in [0.15, 0.2) is 6.07 Å². The maximum atomic E-state index is 12.6. The molecule has 1 aromatic rings. The number of hydrogen-bond acceptors (Lipinski definition) is 4. The Hall–Kier alpha value is -1.40. The Bertz CT molecular complexity index is 632. The van der Waals surface area contributed by atoms with E-state index in [0.717, 1.165) is 63.1 Å².